The second-order valence-electron chi connectivity index (χ2n) is 4.39. The first-order chi connectivity index (χ1) is 8.61. The summed E-state index contributed by atoms with van der Waals surface area (Å²) in [5.74, 6) is -1.30. The number of carbonyl (C=O) groups is 2. The molecular weight excluding hydrogens is 236 g/mol. The highest BCUT2D eigenvalue weighted by atomic mass is 16.4. The summed E-state index contributed by atoms with van der Waals surface area (Å²) in [6.07, 6.45) is 0.991. The first kappa shape index (κ1) is 12.6. The molecule has 0 aliphatic carbocycles. The van der Waals surface area contributed by atoms with E-state index in [0.717, 1.165) is 0 Å². The summed E-state index contributed by atoms with van der Waals surface area (Å²) in [6, 6.07) is 1.63. The van der Waals surface area contributed by atoms with E-state index >= 15 is 0 Å². The van der Waals surface area contributed by atoms with E-state index in [4.69, 9.17) is 10.8 Å². The third-order valence-corrected chi connectivity index (χ3v) is 3.20. The quantitative estimate of drug-likeness (QED) is 0.690. The topological polar surface area (TPSA) is 112 Å². The van der Waals surface area contributed by atoms with Crippen LogP contribution in [-0.4, -0.2) is 45.2 Å². The maximum atomic E-state index is 12.1. The number of rotatable bonds is 3. The lowest BCUT2D eigenvalue weighted by atomic mass is 9.97. The fourth-order valence-electron chi connectivity index (χ4n) is 2.07. The van der Waals surface area contributed by atoms with Gasteiger partial charge in [0.25, 0.3) is 5.91 Å². The molecule has 2 heterocycles. The van der Waals surface area contributed by atoms with Crippen LogP contribution in [0.25, 0.3) is 0 Å². The number of amides is 1. The first-order valence-electron chi connectivity index (χ1n) is 5.88. The van der Waals surface area contributed by atoms with Crippen LogP contribution in [-0.2, 0) is 11.3 Å². The van der Waals surface area contributed by atoms with Crippen LogP contribution in [0.5, 0.6) is 0 Å². The zero-order chi connectivity index (χ0) is 13.1. The van der Waals surface area contributed by atoms with Gasteiger partial charge in [0.1, 0.15) is 5.69 Å². The van der Waals surface area contributed by atoms with E-state index in [-0.39, 0.29) is 11.8 Å². The molecule has 1 saturated heterocycles. The van der Waals surface area contributed by atoms with Crippen LogP contribution < -0.4 is 5.73 Å². The molecule has 1 amide bonds. The van der Waals surface area contributed by atoms with Crippen LogP contribution in [0, 0.1) is 5.92 Å². The Balaban J connectivity index is 1.97. The summed E-state index contributed by atoms with van der Waals surface area (Å²) in [6.45, 7) is 1.22. The van der Waals surface area contributed by atoms with Crippen molar-refractivity contribution in [2.24, 2.45) is 11.7 Å². The lowest BCUT2D eigenvalue weighted by Crippen LogP contribution is -2.40. The number of hydrogen-bond donors (Lipinski definition) is 3. The summed E-state index contributed by atoms with van der Waals surface area (Å²) in [4.78, 5) is 24.5. The van der Waals surface area contributed by atoms with Gasteiger partial charge in [-0.15, -0.1) is 0 Å². The van der Waals surface area contributed by atoms with Gasteiger partial charge >= 0.3 is 5.97 Å². The Morgan fingerprint density at radius 1 is 1.50 bits per heavy atom. The van der Waals surface area contributed by atoms with Crippen molar-refractivity contribution in [3.05, 3.63) is 17.5 Å². The number of aliphatic carboxylic acids is 1. The zero-order valence-electron chi connectivity index (χ0n) is 9.93. The largest absolute Gasteiger partial charge is 0.481 e. The maximum Gasteiger partial charge on any atom is 0.306 e. The normalized spacial score (nSPS) is 16.8. The van der Waals surface area contributed by atoms with Crippen molar-refractivity contribution in [1.29, 1.82) is 0 Å². The molecule has 4 N–H and O–H groups in total. The highest BCUT2D eigenvalue weighted by Crippen LogP contribution is 2.18. The molecule has 0 unspecified atom stereocenters. The number of aromatic nitrogens is 2. The van der Waals surface area contributed by atoms with Crippen molar-refractivity contribution in [1.82, 2.24) is 15.1 Å². The lowest BCUT2D eigenvalue weighted by Gasteiger charge is -2.29. The van der Waals surface area contributed by atoms with E-state index in [9.17, 15) is 9.59 Å². The molecule has 0 spiro atoms. The Hall–Kier alpha value is -1.89. The molecule has 1 aliphatic heterocycles. The van der Waals surface area contributed by atoms with Crippen molar-refractivity contribution in [2.45, 2.75) is 19.4 Å². The molecule has 0 atom stereocenters. The van der Waals surface area contributed by atoms with Gasteiger partial charge < -0.3 is 15.7 Å². The molecule has 7 nitrogen and oxygen atoms in total. The second-order valence-corrected chi connectivity index (χ2v) is 4.39. The highest BCUT2D eigenvalue weighted by Gasteiger charge is 2.28. The number of nitrogens with zero attached hydrogens (tertiary/aromatic N) is 2. The fraction of sp³-hybridized carbons (Fsp3) is 0.545. The predicted molar refractivity (Wildman–Crippen MR) is 62.7 cm³/mol. The Bertz CT molecular complexity index is 449. The van der Waals surface area contributed by atoms with Crippen molar-refractivity contribution >= 4 is 11.9 Å². The number of H-pyrrole nitrogens is 1. The number of carboxylic acid groups (broad SMARTS) is 1. The minimum Gasteiger partial charge on any atom is -0.481 e. The van der Waals surface area contributed by atoms with Crippen LogP contribution in [0.2, 0.25) is 0 Å². The second kappa shape index (κ2) is 5.18. The molecule has 0 radical (unpaired) electrons. The predicted octanol–water partition coefficient (Wildman–Crippen LogP) is -0.195. The number of likely N-dealkylation sites (tertiary alicyclic amines) is 1. The van der Waals surface area contributed by atoms with Gasteiger partial charge in [-0.05, 0) is 18.9 Å². The van der Waals surface area contributed by atoms with E-state index in [0.29, 0.717) is 43.9 Å². The summed E-state index contributed by atoms with van der Waals surface area (Å²) in [5, 5.41) is 15.5. The molecule has 0 bridgehead atoms. The average Bonchev–Trinajstić information content (AvgIpc) is 2.86. The summed E-state index contributed by atoms with van der Waals surface area (Å²) in [7, 11) is 0. The zero-order valence-corrected chi connectivity index (χ0v) is 9.93. The van der Waals surface area contributed by atoms with Gasteiger partial charge in [-0.2, -0.15) is 5.10 Å². The molecule has 7 heteroatoms. The maximum absolute atomic E-state index is 12.1. The Kier molecular flexibility index (Phi) is 3.61. The smallest absolute Gasteiger partial charge is 0.306 e. The molecule has 2 rings (SSSR count). The Morgan fingerprint density at radius 2 is 2.17 bits per heavy atom. The summed E-state index contributed by atoms with van der Waals surface area (Å²) in [5.41, 5.74) is 6.48. The van der Waals surface area contributed by atoms with Crippen molar-refractivity contribution in [3.63, 3.8) is 0 Å². The Labute approximate surface area is 104 Å². The van der Waals surface area contributed by atoms with Crippen LogP contribution >= 0.6 is 0 Å². The van der Waals surface area contributed by atoms with Crippen molar-refractivity contribution < 1.29 is 14.7 Å². The van der Waals surface area contributed by atoms with E-state index in [1.807, 2.05) is 0 Å². The van der Waals surface area contributed by atoms with Gasteiger partial charge in [0.2, 0.25) is 0 Å². The SMILES string of the molecule is NCc1cc(C(=O)N2CCC(C(=O)O)CC2)n[nH]1. The number of piperidine rings is 1. The van der Waals surface area contributed by atoms with Crippen LogP contribution in [0.3, 0.4) is 0 Å². The van der Waals surface area contributed by atoms with Gasteiger partial charge in [0.05, 0.1) is 5.92 Å². The molecular formula is C11H16N4O3. The van der Waals surface area contributed by atoms with Gasteiger partial charge in [-0.3, -0.25) is 14.7 Å². The molecule has 1 aliphatic rings. The Morgan fingerprint density at radius 3 is 2.67 bits per heavy atom. The molecule has 18 heavy (non-hydrogen) atoms. The van der Waals surface area contributed by atoms with Gasteiger partial charge in [-0.1, -0.05) is 0 Å². The van der Waals surface area contributed by atoms with Gasteiger partial charge in [-0.25, -0.2) is 0 Å². The standard InChI is InChI=1S/C11H16N4O3/c12-6-8-5-9(14-13-8)10(16)15-3-1-7(2-4-15)11(17)18/h5,7H,1-4,6,12H2,(H,13,14)(H,17,18). The average molecular weight is 252 g/mol. The molecule has 0 saturated carbocycles. The molecule has 1 aromatic rings. The molecule has 1 aromatic heterocycles. The first-order valence-corrected chi connectivity index (χ1v) is 5.88. The molecule has 98 valence electrons. The van der Waals surface area contributed by atoms with Gasteiger partial charge in [0.15, 0.2) is 0 Å². The van der Waals surface area contributed by atoms with E-state index in [1.54, 1.807) is 11.0 Å². The lowest BCUT2D eigenvalue weighted by molar-refractivity contribution is -0.143. The fourth-order valence-corrected chi connectivity index (χ4v) is 2.07. The minimum atomic E-state index is -0.785. The number of nitrogens with one attached hydrogen (secondary N) is 1. The van der Waals surface area contributed by atoms with Crippen molar-refractivity contribution in [3.8, 4) is 0 Å². The van der Waals surface area contributed by atoms with E-state index < -0.39 is 5.97 Å². The van der Waals surface area contributed by atoms with E-state index in [1.165, 1.54) is 0 Å². The van der Waals surface area contributed by atoms with Crippen molar-refractivity contribution in [2.75, 3.05) is 13.1 Å². The summed E-state index contributed by atoms with van der Waals surface area (Å²) >= 11 is 0. The molecule has 0 aromatic carbocycles. The van der Waals surface area contributed by atoms with Crippen LogP contribution in [0.1, 0.15) is 29.0 Å². The van der Waals surface area contributed by atoms with Crippen LogP contribution in [0.4, 0.5) is 0 Å². The van der Waals surface area contributed by atoms with Crippen LogP contribution in [0.15, 0.2) is 6.07 Å². The number of hydrogen-bond acceptors (Lipinski definition) is 4. The molecule has 1 fully saturated rings. The number of aromatic amines is 1. The monoisotopic (exact) mass is 252 g/mol. The number of carboxylic acids is 1. The number of carbonyl (C=O) groups excluding carboxylic acids is 1. The van der Waals surface area contributed by atoms with Gasteiger partial charge in [0, 0.05) is 25.3 Å². The number of nitrogens with two attached hydrogens (primary N) is 1. The summed E-state index contributed by atoms with van der Waals surface area (Å²) < 4.78 is 0. The third kappa shape index (κ3) is 2.51. The minimum absolute atomic E-state index is 0.171. The van der Waals surface area contributed by atoms with E-state index in [2.05, 4.69) is 10.2 Å². The third-order valence-electron chi connectivity index (χ3n) is 3.20. The highest BCUT2D eigenvalue weighted by molar-refractivity contribution is 5.92.